The van der Waals surface area contributed by atoms with Gasteiger partial charge in [0.1, 0.15) is 11.3 Å². The maximum atomic E-state index is 12.8. The molecule has 0 unspecified atom stereocenters. The first kappa shape index (κ1) is 16.1. The summed E-state index contributed by atoms with van der Waals surface area (Å²) in [7, 11) is 1.71. The van der Waals surface area contributed by atoms with Gasteiger partial charge in [-0.3, -0.25) is 9.79 Å². The molecule has 0 saturated carbocycles. The van der Waals surface area contributed by atoms with Gasteiger partial charge in [-0.05, 0) is 42.0 Å². The first-order chi connectivity index (χ1) is 12.6. The lowest BCUT2D eigenvalue weighted by Gasteiger charge is -2.11. The van der Waals surface area contributed by atoms with Crippen LogP contribution in [-0.4, -0.2) is 15.4 Å². The molecule has 4 aromatic rings. The second-order valence-electron chi connectivity index (χ2n) is 6.33. The first-order valence-electron chi connectivity index (χ1n) is 8.41. The summed E-state index contributed by atoms with van der Waals surface area (Å²) in [5, 5.41) is 13.5. The number of aryl methyl sites for hydroxylation is 1. The second kappa shape index (κ2) is 6.15. The summed E-state index contributed by atoms with van der Waals surface area (Å²) < 4.78 is 1.55. The van der Waals surface area contributed by atoms with Crippen molar-refractivity contribution >= 4 is 33.1 Å². The molecule has 0 fully saturated rings. The third-order valence-electron chi connectivity index (χ3n) is 4.67. The van der Waals surface area contributed by atoms with Crippen LogP contribution in [0, 0.1) is 0 Å². The smallest absolute Gasteiger partial charge is 0.263 e. The third kappa shape index (κ3) is 2.56. The minimum atomic E-state index is -0.261. The highest BCUT2D eigenvalue weighted by Crippen LogP contribution is 2.28. The fourth-order valence-corrected chi connectivity index (χ4v) is 3.30. The zero-order chi connectivity index (χ0) is 18.3. The Labute approximate surface area is 150 Å². The van der Waals surface area contributed by atoms with Crippen molar-refractivity contribution in [3.8, 4) is 5.75 Å². The molecule has 3 aromatic carbocycles. The molecule has 4 heteroatoms. The van der Waals surface area contributed by atoms with Crippen LogP contribution in [0.5, 0.6) is 5.75 Å². The summed E-state index contributed by atoms with van der Waals surface area (Å²) in [5.41, 5.74) is 1.90. The Hall–Kier alpha value is -3.40. The predicted molar refractivity (Wildman–Crippen MR) is 107 cm³/mol. The number of hydrogen-bond acceptors (Lipinski definition) is 3. The molecule has 1 aromatic heterocycles. The van der Waals surface area contributed by atoms with Crippen molar-refractivity contribution < 1.29 is 5.11 Å². The number of aromatic nitrogens is 1. The van der Waals surface area contributed by atoms with E-state index in [9.17, 15) is 9.90 Å². The number of aliphatic imine (C=N–C) groups is 1. The van der Waals surface area contributed by atoms with Gasteiger partial charge in [0, 0.05) is 12.4 Å². The van der Waals surface area contributed by atoms with Crippen molar-refractivity contribution in [2.45, 2.75) is 6.92 Å². The summed E-state index contributed by atoms with van der Waals surface area (Å²) in [4.78, 5) is 17.4. The minimum Gasteiger partial charge on any atom is -0.506 e. The average molecular weight is 342 g/mol. The zero-order valence-electron chi connectivity index (χ0n) is 14.6. The first-order valence-corrected chi connectivity index (χ1v) is 8.41. The van der Waals surface area contributed by atoms with Crippen LogP contribution in [0.25, 0.3) is 21.7 Å². The van der Waals surface area contributed by atoms with Crippen LogP contribution in [0.3, 0.4) is 0 Å². The van der Waals surface area contributed by atoms with E-state index < -0.39 is 0 Å². The largest absolute Gasteiger partial charge is 0.506 e. The van der Waals surface area contributed by atoms with Crippen molar-refractivity contribution in [2.24, 2.45) is 12.0 Å². The fraction of sp³-hybridized carbons (Fsp3) is 0.0909. The normalized spacial score (nSPS) is 12.0. The Morgan fingerprint density at radius 2 is 1.65 bits per heavy atom. The van der Waals surface area contributed by atoms with E-state index in [0.29, 0.717) is 16.6 Å². The van der Waals surface area contributed by atoms with Gasteiger partial charge in [0.15, 0.2) is 0 Å². The molecule has 1 N–H and O–H groups in total. The number of hydrogen-bond donors (Lipinski definition) is 1. The van der Waals surface area contributed by atoms with Crippen LogP contribution in [0.1, 0.15) is 12.5 Å². The molecule has 128 valence electrons. The highest BCUT2D eigenvalue weighted by atomic mass is 16.3. The molecule has 26 heavy (non-hydrogen) atoms. The molecule has 0 aliphatic carbocycles. The molecular weight excluding hydrogens is 324 g/mol. The molecule has 0 atom stereocenters. The van der Waals surface area contributed by atoms with Gasteiger partial charge in [0.05, 0.1) is 16.9 Å². The van der Waals surface area contributed by atoms with E-state index in [-0.39, 0.29) is 16.9 Å². The van der Waals surface area contributed by atoms with Crippen LogP contribution in [0.4, 0.5) is 5.69 Å². The highest BCUT2D eigenvalue weighted by molar-refractivity contribution is 6.06. The third-order valence-corrected chi connectivity index (χ3v) is 4.67. The number of benzene rings is 3. The average Bonchev–Trinajstić information content (AvgIpc) is 2.66. The Morgan fingerprint density at radius 3 is 2.46 bits per heavy atom. The lowest BCUT2D eigenvalue weighted by atomic mass is 10.1. The van der Waals surface area contributed by atoms with Gasteiger partial charge < -0.3 is 9.67 Å². The summed E-state index contributed by atoms with van der Waals surface area (Å²) >= 11 is 0. The molecule has 1 heterocycles. The van der Waals surface area contributed by atoms with E-state index in [0.717, 1.165) is 16.5 Å². The molecule has 0 spiro atoms. The van der Waals surface area contributed by atoms with E-state index in [1.54, 1.807) is 24.6 Å². The monoisotopic (exact) mass is 342 g/mol. The molecule has 0 radical (unpaired) electrons. The van der Waals surface area contributed by atoms with Crippen LogP contribution in [0.15, 0.2) is 76.5 Å². The van der Waals surface area contributed by atoms with Gasteiger partial charge >= 0.3 is 0 Å². The molecule has 0 aliphatic rings. The SMILES string of the molecule is CC(=Nc1ccc2ccccc2c1)c1c(O)c2ccccc2n(C)c1=O. The lowest BCUT2D eigenvalue weighted by Crippen LogP contribution is -2.24. The Morgan fingerprint density at radius 1 is 0.962 bits per heavy atom. The van der Waals surface area contributed by atoms with Crippen molar-refractivity contribution in [3.63, 3.8) is 0 Å². The summed E-state index contributed by atoms with van der Waals surface area (Å²) in [6.45, 7) is 1.75. The zero-order valence-corrected chi connectivity index (χ0v) is 14.6. The Balaban J connectivity index is 1.91. The summed E-state index contributed by atoms with van der Waals surface area (Å²) in [6.07, 6.45) is 0. The fourth-order valence-electron chi connectivity index (χ4n) is 3.30. The Kier molecular flexibility index (Phi) is 3.81. The van der Waals surface area contributed by atoms with Crippen molar-refractivity contribution in [1.82, 2.24) is 4.57 Å². The van der Waals surface area contributed by atoms with Crippen LogP contribution in [-0.2, 0) is 7.05 Å². The van der Waals surface area contributed by atoms with E-state index in [2.05, 4.69) is 4.99 Å². The topological polar surface area (TPSA) is 54.6 Å². The minimum absolute atomic E-state index is 0.0225. The molecule has 4 nitrogen and oxygen atoms in total. The molecule has 0 aliphatic heterocycles. The summed E-state index contributed by atoms with van der Waals surface area (Å²) in [5.74, 6) is -0.0225. The number of aromatic hydroxyl groups is 1. The van der Waals surface area contributed by atoms with E-state index in [4.69, 9.17) is 0 Å². The lowest BCUT2D eigenvalue weighted by molar-refractivity contribution is 0.478. The number of fused-ring (bicyclic) bond motifs is 2. The van der Waals surface area contributed by atoms with Crippen LogP contribution in [0.2, 0.25) is 0 Å². The summed E-state index contributed by atoms with van der Waals surface area (Å²) in [6, 6.07) is 21.2. The number of rotatable bonds is 2. The quantitative estimate of drug-likeness (QED) is 0.544. The molecular formula is C22H18N2O2. The highest BCUT2D eigenvalue weighted by Gasteiger charge is 2.16. The van der Waals surface area contributed by atoms with Crippen LogP contribution >= 0.6 is 0 Å². The van der Waals surface area contributed by atoms with Gasteiger partial charge in [-0.1, -0.05) is 42.5 Å². The number of para-hydroxylation sites is 1. The maximum absolute atomic E-state index is 12.8. The standard InChI is InChI=1S/C22H18N2O2/c1-14(23-17-12-11-15-7-3-4-8-16(15)13-17)20-21(25)18-9-5-6-10-19(18)24(2)22(20)26/h3-13,25H,1-2H3. The van der Waals surface area contributed by atoms with E-state index in [1.165, 1.54) is 0 Å². The van der Waals surface area contributed by atoms with Gasteiger partial charge in [-0.25, -0.2) is 0 Å². The van der Waals surface area contributed by atoms with Crippen molar-refractivity contribution in [1.29, 1.82) is 0 Å². The molecule has 0 amide bonds. The molecule has 0 bridgehead atoms. The van der Waals surface area contributed by atoms with Gasteiger partial charge in [-0.15, -0.1) is 0 Å². The number of nitrogens with zero attached hydrogens (tertiary/aromatic N) is 2. The van der Waals surface area contributed by atoms with E-state index >= 15 is 0 Å². The van der Waals surface area contributed by atoms with Gasteiger partial charge in [0.25, 0.3) is 5.56 Å². The number of pyridine rings is 1. The van der Waals surface area contributed by atoms with Gasteiger partial charge in [-0.2, -0.15) is 0 Å². The Bertz CT molecular complexity index is 1240. The second-order valence-corrected chi connectivity index (χ2v) is 6.33. The van der Waals surface area contributed by atoms with Crippen LogP contribution < -0.4 is 5.56 Å². The van der Waals surface area contributed by atoms with E-state index in [1.807, 2.05) is 60.7 Å². The molecule has 0 saturated heterocycles. The predicted octanol–water partition coefficient (Wildman–Crippen LogP) is 4.54. The van der Waals surface area contributed by atoms with Gasteiger partial charge in [0.2, 0.25) is 0 Å². The maximum Gasteiger partial charge on any atom is 0.263 e. The van der Waals surface area contributed by atoms with Crippen molar-refractivity contribution in [3.05, 3.63) is 82.6 Å². The molecule has 4 rings (SSSR count). The van der Waals surface area contributed by atoms with Crippen molar-refractivity contribution in [2.75, 3.05) is 0 Å².